The van der Waals surface area contributed by atoms with Crippen LogP contribution in [0, 0.1) is 11.6 Å². The number of ether oxygens (including phenoxy) is 1. The third-order valence-electron chi connectivity index (χ3n) is 7.05. The summed E-state index contributed by atoms with van der Waals surface area (Å²) in [6.07, 6.45) is 3.51. The minimum atomic E-state index is -4.35. The molecule has 40 heavy (non-hydrogen) atoms. The number of fused-ring (bicyclic) bond motifs is 1. The van der Waals surface area contributed by atoms with Crippen LogP contribution in [0.5, 0.6) is 5.75 Å². The summed E-state index contributed by atoms with van der Waals surface area (Å²) in [5.74, 6) is -0.813. The molecule has 204 valence electrons. The Morgan fingerprint density at radius 3 is 2.15 bits per heavy atom. The topological polar surface area (TPSA) is 80.6 Å². The Morgan fingerprint density at radius 1 is 0.825 bits per heavy atom. The first-order valence-corrected chi connectivity index (χ1v) is 14.1. The largest absolute Gasteiger partial charge is 0.497 e. The first-order valence-electron chi connectivity index (χ1n) is 12.6. The van der Waals surface area contributed by atoms with Crippen molar-refractivity contribution in [3.8, 4) is 22.6 Å². The summed E-state index contributed by atoms with van der Waals surface area (Å²) in [6, 6.07) is 20.6. The number of sulfonamides is 1. The van der Waals surface area contributed by atoms with Gasteiger partial charge in [0, 0.05) is 43.6 Å². The number of halogens is 2. The predicted octanol–water partition coefficient (Wildman–Crippen LogP) is 4.89. The normalized spacial score (nSPS) is 14.5. The van der Waals surface area contributed by atoms with Gasteiger partial charge in [0.2, 0.25) is 10.0 Å². The van der Waals surface area contributed by atoms with E-state index >= 15 is 0 Å². The Labute approximate surface area is 230 Å². The van der Waals surface area contributed by atoms with Gasteiger partial charge in [-0.2, -0.15) is 4.31 Å². The molecule has 3 aromatic carbocycles. The van der Waals surface area contributed by atoms with E-state index in [1.165, 1.54) is 6.33 Å². The average molecular weight is 562 g/mol. The fourth-order valence-corrected chi connectivity index (χ4v) is 6.59. The Kier molecular flexibility index (Phi) is 6.68. The van der Waals surface area contributed by atoms with E-state index in [9.17, 15) is 17.2 Å². The van der Waals surface area contributed by atoms with E-state index in [4.69, 9.17) is 4.74 Å². The molecule has 0 aliphatic carbocycles. The van der Waals surface area contributed by atoms with Crippen LogP contribution in [-0.2, 0) is 10.0 Å². The number of nitrogens with zero attached hydrogens (tertiary/aromatic N) is 5. The van der Waals surface area contributed by atoms with Crippen LogP contribution in [0.3, 0.4) is 0 Å². The summed E-state index contributed by atoms with van der Waals surface area (Å²) in [4.78, 5) is 10.3. The van der Waals surface area contributed by atoms with E-state index < -0.39 is 26.6 Å². The molecular weight excluding hydrogens is 536 g/mol. The molecule has 0 saturated carbocycles. The second kappa shape index (κ2) is 10.3. The molecule has 0 bridgehead atoms. The van der Waals surface area contributed by atoms with Crippen LogP contribution in [0.1, 0.15) is 0 Å². The molecule has 1 saturated heterocycles. The van der Waals surface area contributed by atoms with Crippen molar-refractivity contribution in [2.45, 2.75) is 4.90 Å². The van der Waals surface area contributed by atoms with Gasteiger partial charge in [0.05, 0.1) is 12.5 Å². The zero-order chi connectivity index (χ0) is 27.9. The van der Waals surface area contributed by atoms with Crippen LogP contribution in [0.4, 0.5) is 14.6 Å². The Morgan fingerprint density at radius 2 is 1.50 bits per heavy atom. The highest BCUT2D eigenvalue weighted by Crippen LogP contribution is 2.37. The van der Waals surface area contributed by atoms with Crippen molar-refractivity contribution in [1.82, 2.24) is 18.8 Å². The van der Waals surface area contributed by atoms with Crippen molar-refractivity contribution in [2.75, 3.05) is 38.2 Å². The number of benzene rings is 3. The lowest BCUT2D eigenvalue weighted by molar-refractivity contribution is 0.378. The lowest BCUT2D eigenvalue weighted by Gasteiger charge is -2.35. The molecule has 2 aromatic heterocycles. The van der Waals surface area contributed by atoms with Gasteiger partial charge >= 0.3 is 0 Å². The van der Waals surface area contributed by atoms with E-state index in [1.807, 2.05) is 70.3 Å². The first-order chi connectivity index (χ1) is 19.4. The van der Waals surface area contributed by atoms with Gasteiger partial charge in [0.25, 0.3) is 0 Å². The van der Waals surface area contributed by atoms with Crippen molar-refractivity contribution >= 4 is 26.9 Å². The van der Waals surface area contributed by atoms with Gasteiger partial charge in [-0.3, -0.25) is 0 Å². The van der Waals surface area contributed by atoms with Crippen LogP contribution in [-0.4, -0.2) is 60.5 Å². The Balaban J connectivity index is 1.39. The van der Waals surface area contributed by atoms with Crippen molar-refractivity contribution in [1.29, 1.82) is 0 Å². The van der Waals surface area contributed by atoms with E-state index in [0.29, 0.717) is 11.5 Å². The van der Waals surface area contributed by atoms with Crippen LogP contribution >= 0.6 is 0 Å². The number of rotatable bonds is 6. The monoisotopic (exact) mass is 561 g/mol. The second-order valence-electron chi connectivity index (χ2n) is 9.31. The van der Waals surface area contributed by atoms with Crippen molar-refractivity contribution in [3.63, 3.8) is 0 Å². The molecule has 0 unspecified atom stereocenters. The van der Waals surface area contributed by atoms with Gasteiger partial charge in [0.15, 0.2) is 10.5 Å². The first kappa shape index (κ1) is 25.9. The summed E-state index contributed by atoms with van der Waals surface area (Å²) < 4.78 is 63.3. The number of hydrogen-bond acceptors (Lipinski definition) is 6. The summed E-state index contributed by atoms with van der Waals surface area (Å²) >= 11 is 0. The third kappa shape index (κ3) is 4.46. The van der Waals surface area contributed by atoms with Crippen LogP contribution in [0.25, 0.3) is 27.8 Å². The highest BCUT2D eigenvalue weighted by Gasteiger charge is 2.34. The number of aromatic nitrogens is 3. The van der Waals surface area contributed by atoms with Crippen molar-refractivity contribution in [3.05, 3.63) is 97.0 Å². The molecule has 8 nitrogen and oxygen atoms in total. The molecule has 3 heterocycles. The molecule has 11 heteroatoms. The number of anilines is 1. The molecule has 6 rings (SSSR count). The summed E-state index contributed by atoms with van der Waals surface area (Å²) in [5.41, 5.74) is 3.48. The fraction of sp³-hybridized carbons (Fsp3) is 0.172. The molecular formula is C29H25F2N5O3S. The minimum Gasteiger partial charge on any atom is -0.497 e. The van der Waals surface area contributed by atoms with E-state index in [0.717, 1.165) is 50.5 Å². The smallest absolute Gasteiger partial charge is 0.249 e. The molecule has 1 aliphatic heterocycles. The zero-order valence-corrected chi connectivity index (χ0v) is 22.4. The van der Waals surface area contributed by atoms with Gasteiger partial charge in [0.1, 0.15) is 29.5 Å². The van der Waals surface area contributed by atoms with Gasteiger partial charge in [-0.15, -0.1) is 0 Å². The molecule has 1 fully saturated rings. The maximum atomic E-state index is 14.3. The molecule has 0 amide bonds. The highest BCUT2D eigenvalue weighted by atomic mass is 32.2. The molecule has 1 aliphatic rings. The van der Waals surface area contributed by atoms with E-state index in [2.05, 4.69) is 9.97 Å². The van der Waals surface area contributed by atoms with Gasteiger partial charge < -0.3 is 14.2 Å². The predicted molar refractivity (Wildman–Crippen MR) is 148 cm³/mol. The number of hydrogen-bond donors (Lipinski definition) is 0. The maximum absolute atomic E-state index is 14.3. The summed E-state index contributed by atoms with van der Waals surface area (Å²) in [5, 5.41) is 0.820. The Bertz CT molecular complexity index is 1770. The Hall–Kier alpha value is -4.35. The minimum absolute atomic E-state index is 0.0431. The van der Waals surface area contributed by atoms with E-state index in [1.54, 1.807) is 7.11 Å². The van der Waals surface area contributed by atoms with Gasteiger partial charge in [-0.1, -0.05) is 36.4 Å². The highest BCUT2D eigenvalue weighted by molar-refractivity contribution is 7.89. The maximum Gasteiger partial charge on any atom is 0.249 e. The third-order valence-corrected chi connectivity index (χ3v) is 9.00. The number of methoxy groups -OCH3 is 1. The van der Waals surface area contributed by atoms with Gasteiger partial charge in [-0.05, 0) is 42.0 Å². The van der Waals surface area contributed by atoms with Crippen LogP contribution in [0.2, 0.25) is 0 Å². The van der Waals surface area contributed by atoms with Gasteiger partial charge in [-0.25, -0.2) is 27.2 Å². The standard InChI is InChI=1S/C29H25F2N5O3S/c1-39-22-12-10-21(11-13-22)36-18-23(20-6-3-2-4-7-20)26-28(32-19-33-29(26)36)34-14-16-35(17-15-34)40(37,38)27-24(30)8-5-9-25(27)31/h2-13,18-19H,14-17H2,1H3. The van der Waals surface area contributed by atoms with Crippen LogP contribution in [0.15, 0.2) is 90.2 Å². The average Bonchev–Trinajstić information content (AvgIpc) is 3.37. The lowest BCUT2D eigenvalue weighted by atomic mass is 10.1. The quantitative estimate of drug-likeness (QED) is 0.294. The molecule has 0 atom stereocenters. The molecule has 0 radical (unpaired) electrons. The molecule has 5 aromatic rings. The second-order valence-corrected chi connectivity index (χ2v) is 11.2. The summed E-state index contributed by atoms with van der Waals surface area (Å²) in [6.45, 7) is 0.648. The van der Waals surface area contributed by atoms with Crippen LogP contribution < -0.4 is 9.64 Å². The number of piperazine rings is 1. The van der Waals surface area contributed by atoms with E-state index in [-0.39, 0.29) is 26.2 Å². The SMILES string of the molecule is COc1ccc(-n2cc(-c3ccccc3)c3c(N4CCN(S(=O)(=O)c5c(F)cccc5F)CC4)ncnc32)cc1. The molecule has 0 N–H and O–H groups in total. The zero-order valence-electron chi connectivity index (χ0n) is 21.5. The molecule has 0 spiro atoms. The fourth-order valence-electron chi connectivity index (χ4n) is 5.06. The van der Waals surface area contributed by atoms with Crippen molar-refractivity contribution < 1.29 is 21.9 Å². The summed E-state index contributed by atoms with van der Waals surface area (Å²) in [7, 11) is -2.73. The lowest BCUT2D eigenvalue weighted by Crippen LogP contribution is -2.49. The van der Waals surface area contributed by atoms with Crippen molar-refractivity contribution in [2.24, 2.45) is 0 Å².